The number of phenolic OH excluding ortho intramolecular Hbond substituents is 1. The molecule has 0 amide bonds. The maximum absolute atomic E-state index is 10.0. The summed E-state index contributed by atoms with van der Waals surface area (Å²) in [6, 6.07) is 22.6. The summed E-state index contributed by atoms with van der Waals surface area (Å²) >= 11 is 0. The van der Waals surface area contributed by atoms with Gasteiger partial charge in [0.15, 0.2) is 11.5 Å². The molecule has 3 heterocycles. The Morgan fingerprint density at radius 2 is 1.79 bits per heavy atom. The van der Waals surface area contributed by atoms with Gasteiger partial charge in [0.2, 0.25) is 5.88 Å². The lowest BCUT2D eigenvalue weighted by Crippen LogP contribution is -2.14. The fourth-order valence-electron chi connectivity index (χ4n) is 4.22. The fourth-order valence-corrected chi connectivity index (χ4v) is 4.22. The van der Waals surface area contributed by atoms with Crippen LogP contribution in [0.5, 0.6) is 28.9 Å². The standard InChI is InChI=1S/C26H20N4O4/c1-32-18-8-10-19(11-9-18)33-14-22-28-25-24-23(16-5-3-2-4-6-16)20-12-7-17(31)13-21(20)34-26(24)27-15-30(25)29-22/h2-13,15,23,31H,14H2,1H3/t23-/m1/s1. The van der Waals surface area contributed by atoms with Crippen LogP contribution in [-0.4, -0.2) is 31.8 Å². The van der Waals surface area contributed by atoms with Gasteiger partial charge in [-0.15, -0.1) is 5.10 Å². The van der Waals surface area contributed by atoms with Crippen molar-refractivity contribution in [2.24, 2.45) is 0 Å². The summed E-state index contributed by atoms with van der Waals surface area (Å²) in [5.74, 6) is 2.94. The number of rotatable bonds is 5. The molecule has 2 aromatic heterocycles. The van der Waals surface area contributed by atoms with Crippen LogP contribution in [0, 0.1) is 0 Å². The lowest BCUT2D eigenvalue weighted by atomic mass is 9.84. The number of hydrogen-bond donors (Lipinski definition) is 1. The number of ether oxygens (including phenoxy) is 3. The van der Waals surface area contributed by atoms with Crippen molar-refractivity contribution < 1.29 is 19.3 Å². The van der Waals surface area contributed by atoms with E-state index in [9.17, 15) is 5.11 Å². The molecule has 0 saturated heterocycles. The number of methoxy groups -OCH3 is 1. The topological polar surface area (TPSA) is 91.0 Å². The lowest BCUT2D eigenvalue weighted by Gasteiger charge is -2.27. The van der Waals surface area contributed by atoms with E-state index in [0.717, 1.165) is 22.4 Å². The van der Waals surface area contributed by atoms with Crippen LogP contribution >= 0.6 is 0 Å². The van der Waals surface area contributed by atoms with Gasteiger partial charge in [-0.2, -0.15) is 0 Å². The highest BCUT2D eigenvalue weighted by Gasteiger charge is 2.33. The SMILES string of the molecule is COc1ccc(OCc2nc3c4c(ncn3n2)Oc2cc(O)ccc2[C@H]4c2ccccc2)cc1. The Morgan fingerprint density at radius 3 is 2.59 bits per heavy atom. The quantitative estimate of drug-likeness (QED) is 0.405. The highest BCUT2D eigenvalue weighted by atomic mass is 16.5. The zero-order chi connectivity index (χ0) is 23.1. The Balaban J connectivity index is 1.41. The van der Waals surface area contributed by atoms with E-state index in [-0.39, 0.29) is 18.3 Å². The molecule has 168 valence electrons. The van der Waals surface area contributed by atoms with Crippen LogP contribution in [0.25, 0.3) is 5.65 Å². The van der Waals surface area contributed by atoms with E-state index in [0.29, 0.717) is 28.9 Å². The van der Waals surface area contributed by atoms with Gasteiger partial charge in [-0.25, -0.2) is 14.5 Å². The smallest absolute Gasteiger partial charge is 0.228 e. The number of nitrogens with zero attached hydrogens (tertiary/aromatic N) is 4. The Kier molecular flexibility index (Phi) is 4.76. The van der Waals surface area contributed by atoms with E-state index in [1.54, 1.807) is 30.1 Å². The van der Waals surface area contributed by atoms with Crippen molar-refractivity contribution in [1.82, 2.24) is 19.6 Å². The van der Waals surface area contributed by atoms with Gasteiger partial charge in [0, 0.05) is 17.5 Å². The minimum atomic E-state index is -0.184. The second kappa shape index (κ2) is 8.08. The van der Waals surface area contributed by atoms with Gasteiger partial charge in [-0.05, 0) is 35.9 Å². The first-order chi connectivity index (χ1) is 16.7. The summed E-state index contributed by atoms with van der Waals surface area (Å²) in [6.07, 6.45) is 1.58. The molecule has 1 aliphatic rings. The molecule has 6 rings (SSSR count). The highest BCUT2D eigenvalue weighted by molar-refractivity contribution is 5.66. The maximum Gasteiger partial charge on any atom is 0.228 e. The molecule has 34 heavy (non-hydrogen) atoms. The molecule has 0 aliphatic carbocycles. The predicted molar refractivity (Wildman–Crippen MR) is 124 cm³/mol. The molecular weight excluding hydrogens is 432 g/mol. The summed E-state index contributed by atoms with van der Waals surface area (Å²) < 4.78 is 18.8. The van der Waals surface area contributed by atoms with Crippen LogP contribution in [0.4, 0.5) is 0 Å². The van der Waals surface area contributed by atoms with Gasteiger partial charge < -0.3 is 19.3 Å². The van der Waals surface area contributed by atoms with Crippen molar-refractivity contribution in [3.8, 4) is 28.9 Å². The number of hydrogen-bond acceptors (Lipinski definition) is 7. The van der Waals surface area contributed by atoms with Gasteiger partial charge in [0.1, 0.15) is 35.9 Å². The first-order valence-electron chi connectivity index (χ1n) is 10.8. The highest BCUT2D eigenvalue weighted by Crippen LogP contribution is 2.48. The number of fused-ring (bicyclic) bond motifs is 4. The average Bonchev–Trinajstić information content (AvgIpc) is 3.30. The number of aromatic nitrogens is 4. The van der Waals surface area contributed by atoms with Crippen molar-refractivity contribution in [2.45, 2.75) is 12.5 Å². The van der Waals surface area contributed by atoms with Crippen molar-refractivity contribution in [2.75, 3.05) is 7.11 Å². The molecule has 1 atom stereocenters. The van der Waals surface area contributed by atoms with Crippen molar-refractivity contribution >= 4 is 5.65 Å². The molecule has 0 radical (unpaired) electrons. The van der Waals surface area contributed by atoms with Crippen molar-refractivity contribution in [3.63, 3.8) is 0 Å². The van der Waals surface area contributed by atoms with Crippen molar-refractivity contribution in [3.05, 3.63) is 102 Å². The minimum absolute atomic E-state index is 0.135. The van der Waals surface area contributed by atoms with E-state index in [1.807, 2.05) is 48.5 Å². The normalized spacial score (nSPS) is 14.2. The maximum atomic E-state index is 10.0. The second-order valence-corrected chi connectivity index (χ2v) is 7.89. The van der Waals surface area contributed by atoms with Crippen LogP contribution in [-0.2, 0) is 6.61 Å². The molecule has 0 spiro atoms. The van der Waals surface area contributed by atoms with Crippen molar-refractivity contribution in [1.29, 1.82) is 0 Å². The number of phenols is 1. The predicted octanol–water partition coefficient (Wildman–Crippen LogP) is 4.70. The molecule has 0 unspecified atom stereocenters. The Bertz CT molecular complexity index is 1480. The van der Waals surface area contributed by atoms with Crippen LogP contribution in [0.2, 0.25) is 0 Å². The van der Waals surface area contributed by atoms with E-state index < -0.39 is 0 Å². The molecule has 5 aromatic rings. The summed E-state index contributed by atoms with van der Waals surface area (Å²) in [5.41, 5.74) is 3.44. The summed E-state index contributed by atoms with van der Waals surface area (Å²) in [7, 11) is 1.62. The summed E-state index contributed by atoms with van der Waals surface area (Å²) in [5, 5.41) is 14.6. The Labute approximate surface area is 195 Å². The van der Waals surface area contributed by atoms with Crippen LogP contribution in [0.3, 0.4) is 0 Å². The molecule has 0 bridgehead atoms. The van der Waals surface area contributed by atoms with Crippen LogP contribution < -0.4 is 14.2 Å². The Morgan fingerprint density at radius 1 is 1.00 bits per heavy atom. The molecular formula is C26H20N4O4. The first kappa shape index (κ1) is 20.0. The second-order valence-electron chi connectivity index (χ2n) is 7.89. The minimum Gasteiger partial charge on any atom is -0.508 e. The fraction of sp³-hybridized carbons (Fsp3) is 0.115. The average molecular weight is 452 g/mol. The van der Waals surface area contributed by atoms with Gasteiger partial charge >= 0.3 is 0 Å². The summed E-state index contributed by atoms with van der Waals surface area (Å²) in [4.78, 5) is 9.28. The zero-order valence-corrected chi connectivity index (χ0v) is 18.3. The zero-order valence-electron chi connectivity index (χ0n) is 18.3. The van der Waals surface area contributed by atoms with Gasteiger partial charge in [-0.3, -0.25) is 0 Å². The Hall–Kier alpha value is -4.59. The number of aromatic hydroxyl groups is 1. The van der Waals surface area contributed by atoms with E-state index >= 15 is 0 Å². The molecule has 1 aliphatic heterocycles. The van der Waals surface area contributed by atoms with Crippen LogP contribution in [0.1, 0.15) is 28.4 Å². The third-order valence-corrected chi connectivity index (χ3v) is 5.79. The molecule has 8 heteroatoms. The van der Waals surface area contributed by atoms with E-state index in [2.05, 4.69) is 22.2 Å². The van der Waals surface area contributed by atoms with E-state index in [1.165, 1.54) is 0 Å². The monoisotopic (exact) mass is 452 g/mol. The van der Waals surface area contributed by atoms with Gasteiger partial charge in [-0.1, -0.05) is 36.4 Å². The first-order valence-corrected chi connectivity index (χ1v) is 10.8. The van der Waals surface area contributed by atoms with Gasteiger partial charge in [0.05, 0.1) is 12.7 Å². The molecule has 1 N–H and O–H groups in total. The molecule has 0 fully saturated rings. The molecule has 0 saturated carbocycles. The molecule has 3 aromatic carbocycles. The molecule has 8 nitrogen and oxygen atoms in total. The van der Waals surface area contributed by atoms with Gasteiger partial charge in [0.25, 0.3) is 0 Å². The third-order valence-electron chi connectivity index (χ3n) is 5.79. The summed E-state index contributed by atoms with van der Waals surface area (Å²) in [6.45, 7) is 0.199. The number of benzene rings is 3. The van der Waals surface area contributed by atoms with Crippen LogP contribution in [0.15, 0.2) is 79.1 Å². The van der Waals surface area contributed by atoms with E-state index in [4.69, 9.17) is 19.2 Å². The third kappa shape index (κ3) is 3.45. The lowest BCUT2D eigenvalue weighted by molar-refractivity contribution is 0.295. The largest absolute Gasteiger partial charge is 0.508 e.